The summed E-state index contributed by atoms with van der Waals surface area (Å²) in [5.41, 5.74) is 0.0448. The van der Waals surface area contributed by atoms with Crippen LogP contribution in [0.1, 0.15) is 33.0 Å². The molecule has 0 atom stereocenters. The molecule has 1 heterocycles. The number of carbonyl (C=O) groups excluding carboxylic acids is 3. The Morgan fingerprint density at radius 1 is 1.00 bits per heavy atom. The smallest absolute Gasteiger partial charge is 0.296 e. The van der Waals surface area contributed by atoms with Crippen LogP contribution in [0, 0.1) is 0 Å². The molecule has 0 fully saturated rings. The van der Waals surface area contributed by atoms with Crippen LogP contribution in [0.4, 0.5) is 0 Å². The summed E-state index contributed by atoms with van der Waals surface area (Å²) in [7, 11) is 0. The van der Waals surface area contributed by atoms with Gasteiger partial charge in [0.2, 0.25) is 0 Å². The summed E-state index contributed by atoms with van der Waals surface area (Å²) in [5, 5.41) is 0. The van der Waals surface area contributed by atoms with E-state index in [-0.39, 0.29) is 18.6 Å². The number of aldehydes is 3. The second-order valence-electron chi connectivity index (χ2n) is 1.93. The van der Waals surface area contributed by atoms with E-state index in [1.165, 1.54) is 6.07 Å². The predicted molar refractivity (Wildman–Crippen MR) is 39.3 cm³/mol. The van der Waals surface area contributed by atoms with Crippen molar-refractivity contribution in [1.29, 1.82) is 0 Å². The molecule has 0 unspecified atom stereocenters. The van der Waals surface area contributed by atoms with Crippen molar-refractivity contribution >= 4 is 18.9 Å². The van der Waals surface area contributed by atoms with Crippen molar-refractivity contribution in [3.8, 4) is 0 Å². The van der Waals surface area contributed by atoms with Gasteiger partial charge in [0.1, 0.15) is 11.4 Å². The summed E-state index contributed by atoms with van der Waals surface area (Å²) in [6, 6.07) is 1.20. The minimum atomic E-state index is -0.165. The average Bonchev–Trinajstić information content (AvgIpc) is 2.16. The van der Waals surface area contributed by atoms with E-state index in [1.807, 2.05) is 0 Å². The lowest BCUT2D eigenvalue weighted by Gasteiger charge is -1.93. The molecule has 0 N–H and O–H groups in total. The summed E-state index contributed by atoms with van der Waals surface area (Å²) in [6.45, 7) is 0. The van der Waals surface area contributed by atoms with E-state index in [1.54, 1.807) is 0 Å². The first kappa shape index (κ1) is 8.19. The highest BCUT2D eigenvalue weighted by Crippen LogP contribution is 1.95. The van der Waals surface area contributed by atoms with E-state index in [9.17, 15) is 14.4 Å². The second kappa shape index (κ2) is 3.47. The molecular formula is C7H5N2O3+. The van der Waals surface area contributed by atoms with Gasteiger partial charge >= 0.3 is 1.43 Å². The van der Waals surface area contributed by atoms with Gasteiger partial charge < -0.3 is 0 Å². The second-order valence-corrected chi connectivity index (χ2v) is 1.93. The van der Waals surface area contributed by atoms with Crippen molar-refractivity contribution in [3.63, 3.8) is 0 Å². The molecule has 0 aromatic carbocycles. The van der Waals surface area contributed by atoms with Crippen molar-refractivity contribution in [2.45, 2.75) is 0 Å². The molecule has 0 spiro atoms. The summed E-state index contributed by atoms with van der Waals surface area (Å²) in [5.74, 6) is -0.165. The van der Waals surface area contributed by atoms with Gasteiger partial charge in [0.25, 0.3) is 0 Å². The molecule has 1 rings (SSSR count). The summed E-state index contributed by atoms with van der Waals surface area (Å²) in [4.78, 5) is 37.7. The first-order valence-electron chi connectivity index (χ1n) is 3.04. The minimum Gasteiger partial charge on any atom is -0.296 e. The Hall–Kier alpha value is -1.91. The maximum atomic E-state index is 10.2. The Morgan fingerprint density at radius 3 is 1.83 bits per heavy atom. The van der Waals surface area contributed by atoms with Crippen LogP contribution in [0.15, 0.2) is 6.07 Å². The fraction of sp³-hybridized carbons (Fsp3) is 0. The topological polar surface area (TPSA) is 77.0 Å². The fourth-order valence-electron chi connectivity index (χ4n) is 0.679. The van der Waals surface area contributed by atoms with Crippen LogP contribution in [0.3, 0.4) is 0 Å². The first-order valence-corrected chi connectivity index (χ1v) is 3.04. The quantitative estimate of drug-likeness (QED) is 0.590. The molecule has 0 saturated heterocycles. The summed E-state index contributed by atoms with van der Waals surface area (Å²) < 4.78 is 0. The molecule has 0 aliphatic heterocycles. The van der Waals surface area contributed by atoms with E-state index in [4.69, 9.17) is 0 Å². The Morgan fingerprint density at radius 2 is 1.50 bits per heavy atom. The third-order valence-electron chi connectivity index (χ3n) is 1.13. The standard InChI is InChI=1S/C7H4N2O3/c10-2-5-1-6(3-11)9-7(4-12)8-5/h1-4H/p+1. The molecule has 0 saturated carbocycles. The Labute approximate surface area is 68.9 Å². The van der Waals surface area contributed by atoms with Crippen LogP contribution in [0.5, 0.6) is 0 Å². The van der Waals surface area contributed by atoms with Crippen LogP contribution >= 0.6 is 0 Å². The normalized spacial score (nSPS) is 9.00. The van der Waals surface area contributed by atoms with Gasteiger partial charge in [-0.3, -0.25) is 14.4 Å². The van der Waals surface area contributed by atoms with Crippen molar-refractivity contribution in [3.05, 3.63) is 23.3 Å². The minimum absolute atomic E-state index is 0. The van der Waals surface area contributed by atoms with Gasteiger partial charge in [-0.25, -0.2) is 9.97 Å². The van der Waals surface area contributed by atoms with E-state index in [0.29, 0.717) is 18.9 Å². The van der Waals surface area contributed by atoms with E-state index in [0.717, 1.165) is 0 Å². The molecule has 0 amide bonds. The zero-order valence-corrected chi connectivity index (χ0v) is 5.93. The molecule has 1 aromatic rings. The van der Waals surface area contributed by atoms with Crippen LogP contribution in [0.2, 0.25) is 0 Å². The number of hydrogen-bond donors (Lipinski definition) is 0. The third kappa shape index (κ3) is 1.57. The van der Waals surface area contributed by atoms with Crippen molar-refractivity contribution in [2.24, 2.45) is 0 Å². The molecule has 5 heteroatoms. The lowest BCUT2D eigenvalue weighted by molar-refractivity contribution is 0.111. The highest BCUT2D eigenvalue weighted by Gasteiger charge is 2.01. The third-order valence-corrected chi connectivity index (χ3v) is 1.13. The maximum absolute atomic E-state index is 10.2. The van der Waals surface area contributed by atoms with Crippen LogP contribution in [-0.2, 0) is 0 Å². The van der Waals surface area contributed by atoms with Gasteiger partial charge in [0.05, 0.1) is 0 Å². The van der Waals surface area contributed by atoms with Gasteiger partial charge in [0.15, 0.2) is 24.7 Å². The number of carbonyl (C=O) groups is 3. The number of hydrogen-bond acceptors (Lipinski definition) is 5. The van der Waals surface area contributed by atoms with Gasteiger partial charge in [-0.1, -0.05) is 0 Å². The average molecular weight is 165 g/mol. The Bertz CT molecular complexity index is 276. The molecule has 0 aliphatic carbocycles. The van der Waals surface area contributed by atoms with Crippen molar-refractivity contribution in [1.82, 2.24) is 9.97 Å². The Kier molecular flexibility index (Phi) is 2.37. The Balaban J connectivity index is 0.00000144. The van der Waals surface area contributed by atoms with Crippen molar-refractivity contribution in [2.75, 3.05) is 0 Å². The van der Waals surface area contributed by atoms with Crippen LogP contribution in [-0.4, -0.2) is 28.8 Å². The predicted octanol–water partition coefficient (Wildman–Crippen LogP) is 0.0266. The molecule has 60 valence electrons. The van der Waals surface area contributed by atoms with E-state index in [2.05, 4.69) is 9.97 Å². The highest BCUT2D eigenvalue weighted by molar-refractivity contribution is 5.81. The first-order chi connectivity index (χ1) is 5.80. The van der Waals surface area contributed by atoms with E-state index >= 15 is 0 Å². The van der Waals surface area contributed by atoms with Gasteiger partial charge in [-0.2, -0.15) is 0 Å². The number of nitrogens with zero attached hydrogens (tertiary/aromatic N) is 2. The largest absolute Gasteiger partial charge is 1.00 e. The number of rotatable bonds is 3. The van der Waals surface area contributed by atoms with Gasteiger partial charge in [-0.05, 0) is 6.07 Å². The zero-order valence-electron chi connectivity index (χ0n) is 6.93. The SMILES string of the molecule is O=Cc1cc(C=O)nc(C=O)n1.[H+]. The molecule has 0 radical (unpaired) electrons. The van der Waals surface area contributed by atoms with Crippen LogP contribution in [0.25, 0.3) is 0 Å². The molecular weight excluding hydrogens is 160 g/mol. The highest BCUT2D eigenvalue weighted by atomic mass is 16.1. The number of aromatic nitrogens is 2. The van der Waals surface area contributed by atoms with Gasteiger partial charge in [0, 0.05) is 0 Å². The van der Waals surface area contributed by atoms with E-state index < -0.39 is 0 Å². The summed E-state index contributed by atoms with van der Waals surface area (Å²) in [6.07, 6.45) is 1.27. The summed E-state index contributed by atoms with van der Waals surface area (Å²) >= 11 is 0. The maximum Gasteiger partial charge on any atom is 1.00 e. The lowest BCUT2D eigenvalue weighted by atomic mass is 10.3. The monoisotopic (exact) mass is 165 g/mol. The zero-order chi connectivity index (χ0) is 8.97. The molecule has 5 nitrogen and oxygen atoms in total. The fourth-order valence-corrected chi connectivity index (χ4v) is 0.679. The van der Waals surface area contributed by atoms with Crippen molar-refractivity contribution < 1.29 is 15.8 Å². The molecule has 0 aliphatic rings. The van der Waals surface area contributed by atoms with Crippen LogP contribution < -0.4 is 0 Å². The van der Waals surface area contributed by atoms with Gasteiger partial charge in [-0.15, -0.1) is 0 Å². The molecule has 12 heavy (non-hydrogen) atoms. The molecule has 0 bridgehead atoms. The molecule has 1 aromatic heterocycles. The lowest BCUT2D eigenvalue weighted by Crippen LogP contribution is -2.01.